The molecule has 6 heteroatoms. The lowest BCUT2D eigenvalue weighted by atomic mass is 9.88. The van der Waals surface area contributed by atoms with Gasteiger partial charge in [0.15, 0.2) is 5.82 Å². The minimum absolute atomic E-state index is 0.249. The first kappa shape index (κ1) is 15.3. The van der Waals surface area contributed by atoms with Crippen LogP contribution in [0.3, 0.4) is 0 Å². The van der Waals surface area contributed by atoms with Crippen LogP contribution in [0, 0.1) is 0 Å². The molecule has 0 bridgehead atoms. The van der Waals surface area contributed by atoms with Crippen molar-refractivity contribution >= 4 is 11.5 Å². The van der Waals surface area contributed by atoms with Crippen LogP contribution in [0.4, 0.5) is 11.5 Å². The molecule has 1 saturated heterocycles. The SMILES string of the molecule is COc1nc(C2CCCCC2)nc(NCC2CCCO2)c1N. The molecule has 2 heterocycles. The van der Waals surface area contributed by atoms with Crippen molar-refractivity contribution in [3.8, 4) is 5.88 Å². The molecule has 3 N–H and O–H groups in total. The number of nitrogen functional groups attached to an aromatic ring is 1. The van der Waals surface area contributed by atoms with Gasteiger partial charge in [0, 0.05) is 19.1 Å². The van der Waals surface area contributed by atoms with Crippen molar-refractivity contribution in [1.82, 2.24) is 9.97 Å². The van der Waals surface area contributed by atoms with Crippen molar-refractivity contribution in [3.05, 3.63) is 5.82 Å². The Balaban J connectivity index is 1.77. The highest BCUT2D eigenvalue weighted by Crippen LogP contribution is 2.34. The summed E-state index contributed by atoms with van der Waals surface area (Å²) in [6.45, 7) is 1.58. The minimum Gasteiger partial charge on any atom is -0.479 e. The van der Waals surface area contributed by atoms with E-state index in [0.717, 1.165) is 44.7 Å². The highest BCUT2D eigenvalue weighted by Gasteiger charge is 2.22. The van der Waals surface area contributed by atoms with Gasteiger partial charge in [-0.3, -0.25) is 0 Å². The minimum atomic E-state index is 0.249. The van der Waals surface area contributed by atoms with Gasteiger partial charge in [-0.15, -0.1) is 0 Å². The molecule has 6 nitrogen and oxygen atoms in total. The molecule has 2 fully saturated rings. The summed E-state index contributed by atoms with van der Waals surface area (Å²) in [5, 5.41) is 3.33. The smallest absolute Gasteiger partial charge is 0.242 e. The van der Waals surface area contributed by atoms with Gasteiger partial charge < -0.3 is 20.5 Å². The van der Waals surface area contributed by atoms with Crippen LogP contribution in [-0.2, 0) is 4.74 Å². The maximum atomic E-state index is 6.12. The summed E-state index contributed by atoms with van der Waals surface area (Å²) in [5.74, 6) is 2.44. The second kappa shape index (κ2) is 7.13. The summed E-state index contributed by atoms with van der Waals surface area (Å²) in [6.07, 6.45) is 8.58. The molecule has 22 heavy (non-hydrogen) atoms. The number of aromatic nitrogens is 2. The lowest BCUT2D eigenvalue weighted by Gasteiger charge is -2.22. The molecule has 1 aliphatic heterocycles. The number of nitrogens with one attached hydrogen (secondary N) is 1. The van der Waals surface area contributed by atoms with E-state index in [4.69, 9.17) is 15.2 Å². The average molecular weight is 306 g/mol. The van der Waals surface area contributed by atoms with E-state index in [1.54, 1.807) is 7.11 Å². The Morgan fingerprint density at radius 3 is 2.68 bits per heavy atom. The van der Waals surface area contributed by atoms with Gasteiger partial charge in [-0.25, -0.2) is 4.98 Å². The molecule has 122 valence electrons. The van der Waals surface area contributed by atoms with Crippen molar-refractivity contribution in [2.45, 2.75) is 57.0 Å². The van der Waals surface area contributed by atoms with Crippen LogP contribution in [0.5, 0.6) is 5.88 Å². The number of rotatable bonds is 5. The summed E-state index contributed by atoms with van der Waals surface area (Å²) >= 11 is 0. The molecule has 0 aromatic carbocycles. The largest absolute Gasteiger partial charge is 0.479 e. The first-order valence-corrected chi connectivity index (χ1v) is 8.35. The Morgan fingerprint density at radius 1 is 1.18 bits per heavy atom. The lowest BCUT2D eigenvalue weighted by molar-refractivity contribution is 0.120. The van der Waals surface area contributed by atoms with Gasteiger partial charge in [0.1, 0.15) is 11.5 Å². The van der Waals surface area contributed by atoms with Crippen molar-refractivity contribution in [2.75, 3.05) is 31.3 Å². The second-order valence-electron chi connectivity index (χ2n) is 6.20. The highest BCUT2D eigenvalue weighted by atomic mass is 16.5. The second-order valence-corrected chi connectivity index (χ2v) is 6.20. The number of nitrogens with two attached hydrogens (primary N) is 1. The van der Waals surface area contributed by atoms with E-state index < -0.39 is 0 Å². The Hall–Kier alpha value is -1.56. The van der Waals surface area contributed by atoms with Crippen molar-refractivity contribution in [1.29, 1.82) is 0 Å². The molecule has 1 aliphatic carbocycles. The molecule has 3 rings (SSSR count). The predicted octanol–water partition coefficient (Wildman–Crippen LogP) is 2.71. The standard InChI is InChI=1S/C16H26N4O2/c1-21-16-13(17)15(18-10-12-8-5-9-22-12)19-14(20-16)11-6-3-2-4-7-11/h11-12H,2-10,17H2,1H3,(H,18,19,20). The van der Waals surface area contributed by atoms with Gasteiger partial charge in [0.25, 0.3) is 0 Å². The molecule has 0 spiro atoms. The fourth-order valence-corrected chi connectivity index (χ4v) is 3.31. The molecule has 0 amide bonds. The zero-order chi connectivity index (χ0) is 15.4. The third-order valence-electron chi connectivity index (χ3n) is 4.61. The predicted molar refractivity (Wildman–Crippen MR) is 86.3 cm³/mol. The normalized spacial score (nSPS) is 22.7. The van der Waals surface area contributed by atoms with E-state index in [1.807, 2.05) is 0 Å². The Labute approximate surface area is 131 Å². The molecular weight excluding hydrogens is 280 g/mol. The first-order chi connectivity index (χ1) is 10.8. The van der Waals surface area contributed by atoms with Crippen LogP contribution in [0.25, 0.3) is 0 Å². The fraction of sp³-hybridized carbons (Fsp3) is 0.750. The third kappa shape index (κ3) is 3.43. The van der Waals surface area contributed by atoms with E-state index >= 15 is 0 Å². The van der Waals surface area contributed by atoms with E-state index in [2.05, 4.69) is 15.3 Å². The quantitative estimate of drug-likeness (QED) is 0.870. The van der Waals surface area contributed by atoms with Gasteiger partial charge in [-0.05, 0) is 25.7 Å². The zero-order valence-corrected chi connectivity index (χ0v) is 13.3. The molecular formula is C16H26N4O2. The maximum Gasteiger partial charge on any atom is 0.242 e. The van der Waals surface area contributed by atoms with Gasteiger partial charge in [-0.2, -0.15) is 4.98 Å². The molecule has 0 radical (unpaired) electrons. The first-order valence-electron chi connectivity index (χ1n) is 8.35. The third-order valence-corrected chi connectivity index (χ3v) is 4.61. The summed E-state index contributed by atoms with van der Waals surface area (Å²) in [6, 6.07) is 0. The molecule has 1 unspecified atom stereocenters. The summed E-state index contributed by atoms with van der Waals surface area (Å²) < 4.78 is 11.0. The van der Waals surface area contributed by atoms with Gasteiger partial charge in [-0.1, -0.05) is 19.3 Å². The number of hydrogen-bond acceptors (Lipinski definition) is 6. The van der Waals surface area contributed by atoms with Crippen LogP contribution >= 0.6 is 0 Å². The van der Waals surface area contributed by atoms with E-state index in [9.17, 15) is 0 Å². The lowest BCUT2D eigenvalue weighted by Crippen LogP contribution is -2.21. The topological polar surface area (TPSA) is 82.3 Å². The number of hydrogen-bond donors (Lipinski definition) is 2. The summed E-state index contributed by atoms with van der Waals surface area (Å²) in [5.41, 5.74) is 6.61. The van der Waals surface area contributed by atoms with Crippen LogP contribution in [0.2, 0.25) is 0 Å². The fourth-order valence-electron chi connectivity index (χ4n) is 3.31. The average Bonchev–Trinajstić information content (AvgIpc) is 3.08. The van der Waals surface area contributed by atoms with Crippen LogP contribution in [0.15, 0.2) is 0 Å². The molecule has 1 aromatic rings. The van der Waals surface area contributed by atoms with Gasteiger partial charge in [0.05, 0.1) is 13.2 Å². The monoisotopic (exact) mass is 306 g/mol. The Morgan fingerprint density at radius 2 is 2.00 bits per heavy atom. The van der Waals surface area contributed by atoms with E-state index in [1.165, 1.54) is 19.3 Å². The molecule has 2 aliphatic rings. The van der Waals surface area contributed by atoms with Crippen molar-refractivity contribution in [2.24, 2.45) is 0 Å². The van der Waals surface area contributed by atoms with Crippen LogP contribution in [-0.4, -0.2) is 36.3 Å². The van der Waals surface area contributed by atoms with E-state index in [0.29, 0.717) is 23.3 Å². The Kier molecular flexibility index (Phi) is 4.97. The van der Waals surface area contributed by atoms with Crippen LogP contribution < -0.4 is 15.8 Å². The Bertz CT molecular complexity index is 497. The van der Waals surface area contributed by atoms with E-state index in [-0.39, 0.29) is 6.10 Å². The molecule has 1 aromatic heterocycles. The summed E-state index contributed by atoms with van der Waals surface area (Å²) in [4.78, 5) is 9.21. The number of methoxy groups -OCH3 is 1. The van der Waals surface area contributed by atoms with Gasteiger partial charge >= 0.3 is 0 Å². The summed E-state index contributed by atoms with van der Waals surface area (Å²) in [7, 11) is 1.60. The van der Waals surface area contributed by atoms with Crippen molar-refractivity contribution in [3.63, 3.8) is 0 Å². The van der Waals surface area contributed by atoms with Crippen molar-refractivity contribution < 1.29 is 9.47 Å². The number of ether oxygens (including phenoxy) is 2. The molecule has 1 atom stereocenters. The molecule has 1 saturated carbocycles. The number of anilines is 2. The number of nitrogens with zero attached hydrogens (tertiary/aromatic N) is 2. The van der Waals surface area contributed by atoms with Gasteiger partial charge in [0.2, 0.25) is 5.88 Å². The highest BCUT2D eigenvalue weighted by molar-refractivity contribution is 5.67. The maximum absolute atomic E-state index is 6.12. The zero-order valence-electron chi connectivity index (χ0n) is 13.3. The van der Waals surface area contributed by atoms with Crippen LogP contribution in [0.1, 0.15) is 56.7 Å².